The molecule has 7 nitrogen and oxygen atoms in total. The molecule has 4 aromatic rings. The highest BCUT2D eigenvalue weighted by atomic mass is 79.9. The molecule has 0 saturated carbocycles. The number of rotatable bonds is 5. The van der Waals surface area contributed by atoms with Gasteiger partial charge in [-0.15, -0.1) is 10.2 Å². The molecule has 2 heterocycles. The molecule has 0 atom stereocenters. The Labute approximate surface area is 182 Å². The zero-order valence-corrected chi connectivity index (χ0v) is 17.7. The fourth-order valence-electron chi connectivity index (χ4n) is 2.73. The van der Waals surface area contributed by atoms with Gasteiger partial charge in [-0.1, -0.05) is 38.8 Å². The highest BCUT2D eigenvalue weighted by Gasteiger charge is 2.27. The molecule has 152 valence electrons. The second-order valence-electron chi connectivity index (χ2n) is 6.14. The van der Waals surface area contributed by atoms with Gasteiger partial charge in [-0.2, -0.15) is 0 Å². The summed E-state index contributed by atoms with van der Waals surface area (Å²) in [6.07, 6.45) is 0. The summed E-state index contributed by atoms with van der Waals surface area (Å²) < 4.78 is 31.0. The fourth-order valence-corrected chi connectivity index (χ4v) is 3.24. The van der Waals surface area contributed by atoms with E-state index in [2.05, 4.69) is 31.3 Å². The van der Waals surface area contributed by atoms with Gasteiger partial charge in [0, 0.05) is 10.0 Å². The number of esters is 1. The monoisotopic (exact) mass is 491 g/mol. The quantitative estimate of drug-likeness (QED) is 0.334. The minimum atomic E-state index is -0.786. The summed E-state index contributed by atoms with van der Waals surface area (Å²) in [5.74, 6) is -0.878. The molecule has 0 N–H and O–H groups in total. The van der Waals surface area contributed by atoms with Crippen LogP contribution in [0.5, 0.6) is 0 Å². The maximum atomic E-state index is 14.3. The van der Waals surface area contributed by atoms with Crippen molar-refractivity contribution in [2.45, 2.75) is 13.5 Å². The van der Waals surface area contributed by atoms with Crippen molar-refractivity contribution in [2.75, 3.05) is 0 Å². The van der Waals surface area contributed by atoms with Crippen LogP contribution in [-0.2, 0) is 11.3 Å². The van der Waals surface area contributed by atoms with Crippen LogP contribution in [0.25, 0.3) is 22.7 Å². The van der Waals surface area contributed by atoms with Crippen molar-refractivity contribution in [1.29, 1.82) is 0 Å². The molecular weight excluding hydrogens is 481 g/mol. The van der Waals surface area contributed by atoms with Crippen molar-refractivity contribution in [3.8, 4) is 22.7 Å². The van der Waals surface area contributed by atoms with Crippen LogP contribution >= 0.6 is 27.5 Å². The summed E-state index contributed by atoms with van der Waals surface area (Å²) in [4.78, 5) is 12.6. The standard InChI is InChI=1S/C20H12BrClFN3O4/c1-10-16(18(26-30-10)17-13(22)3-2-4-14(17)23)20(27)28-9-15-24-25-19(29-15)11-5-7-12(21)8-6-11/h2-8H,9H2,1H3. The average molecular weight is 493 g/mol. The molecule has 0 aliphatic carbocycles. The van der Waals surface area contributed by atoms with Crippen LogP contribution in [0.4, 0.5) is 4.39 Å². The summed E-state index contributed by atoms with van der Waals surface area (Å²) in [6.45, 7) is 1.23. The first-order chi connectivity index (χ1) is 14.4. The summed E-state index contributed by atoms with van der Waals surface area (Å²) >= 11 is 9.44. The van der Waals surface area contributed by atoms with Crippen LogP contribution in [0.2, 0.25) is 5.02 Å². The Morgan fingerprint density at radius 2 is 1.97 bits per heavy atom. The van der Waals surface area contributed by atoms with Crippen molar-refractivity contribution < 1.29 is 22.9 Å². The van der Waals surface area contributed by atoms with E-state index in [0.717, 1.165) is 10.0 Å². The molecule has 0 unspecified atom stereocenters. The Morgan fingerprint density at radius 1 is 1.20 bits per heavy atom. The second kappa shape index (κ2) is 8.37. The van der Waals surface area contributed by atoms with Gasteiger partial charge in [0.15, 0.2) is 6.61 Å². The van der Waals surface area contributed by atoms with Crippen molar-refractivity contribution in [3.63, 3.8) is 0 Å². The van der Waals surface area contributed by atoms with Crippen LogP contribution < -0.4 is 0 Å². The van der Waals surface area contributed by atoms with E-state index in [1.54, 1.807) is 12.1 Å². The third kappa shape index (κ3) is 3.99. The van der Waals surface area contributed by atoms with Crippen LogP contribution in [0, 0.1) is 12.7 Å². The maximum Gasteiger partial charge on any atom is 0.344 e. The van der Waals surface area contributed by atoms with Gasteiger partial charge in [0.1, 0.15) is 22.8 Å². The van der Waals surface area contributed by atoms with E-state index in [-0.39, 0.29) is 46.0 Å². The molecule has 0 amide bonds. The van der Waals surface area contributed by atoms with Gasteiger partial charge in [0.25, 0.3) is 5.89 Å². The SMILES string of the molecule is Cc1onc(-c2c(F)cccc2Cl)c1C(=O)OCc1nnc(-c2ccc(Br)cc2)o1. The zero-order chi connectivity index (χ0) is 21.3. The van der Waals surface area contributed by atoms with Gasteiger partial charge in [-0.3, -0.25) is 0 Å². The van der Waals surface area contributed by atoms with Crippen molar-refractivity contribution in [3.05, 3.63) is 75.0 Å². The van der Waals surface area contributed by atoms with Crippen molar-refractivity contribution >= 4 is 33.5 Å². The predicted octanol–water partition coefficient (Wildman–Crippen LogP) is 5.61. The molecule has 0 aliphatic heterocycles. The van der Waals surface area contributed by atoms with E-state index < -0.39 is 11.8 Å². The van der Waals surface area contributed by atoms with Gasteiger partial charge < -0.3 is 13.7 Å². The predicted molar refractivity (Wildman–Crippen MR) is 108 cm³/mol. The largest absolute Gasteiger partial charge is 0.452 e. The maximum absolute atomic E-state index is 14.3. The topological polar surface area (TPSA) is 91.2 Å². The van der Waals surface area contributed by atoms with E-state index in [0.29, 0.717) is 0 Å². The molecule has 4 rings (SSSR count). The molecule has 0 aliphatic rings. The molecule has 0 spiro atoms. The Balaban J connectivity index is 1.53. The molecule has 30 heavy (non-hydrogen) atoms. The molecule has 2 aromatic carbocycles. The van der Waals surface area contributed by atoms with Crippen LogP contribution in [0.1, 0.15) is 22.0 Å². The Kier molecular flexibility index (Phi) is 5.65. The first kappa shape index (κ1) is 20.2. The Morgan fingerprint density at radius 3 is 2.70 bits per heavy atom. The number of aryl methyl sites for hydroxylation is 1. The van der Waals surface area contributed by atoms with Crippen LogP contribution in [0.15, 0.2) is 55.9 Å². The highest BCUT2D eigenvalue weighted by molar-refractivity contribution is 9.10. The lowest BCUT2D eigenvalue weighted by Gasteiger charge is -2.05. The van der Waals surface area contributed by atoms with Crippen molar-refractivity contribution in [2.24, 2.45) is 0 Å². The number of carbonyl (C=O) groups excluding carboxylic acids is 1. The molecule has 0 bridgehead atoms. The van der Waals surface area contributed by atoms with Gasteiger partial charge in [-0.25, -0.2) is 9.18 Å². The zero-order valence-electron chi connectivity index (χ0n) is 15.4. The van der Waals surface area contributed by atoms with Crippen molar-refractivity contribution in [1.82, 2.24) is 15.4 Å². The van der Waals surface area contributed by atoms with Gasteiger partial charge in [-0.05, 0) is 43.3 Å². The first-order valence-corrected chi connectivity index (χ1v) is 9.77. The molecule has 2 aromatic heterocycles. The highest BCUT2D eigenvalue weighted by Crippen LogP contribution is 2.33. The lowest BCUT2D eigenvalue weighted by Crippen LogP contribution is -2.08. The Bertz CT molecular complexity index is 1200. The number of halogens is 3. The second-order valence-corrected chi connectivity index (χ2v) is 7.47. The minimum absolute atomic E-state index is 0.0327. The molecule has 0 saturated heterocycles. The van der Waals surface area contributed by atoms with E-state index in [9.17, 15) is 9.18 Å². The van der Waals surface area contributed by atoms with E-state index in [4.69, 9.17) is 25.3 Å². The van der Waals surface area contributed by atoms with E-state index in [1.165, 1.54) is 25.1 Å². The van der Waals surface area contributed by atoms with Crippen LogP contribution in [-0.4, -0.2) is 21.3 Å². The number of carbonyl (C=O) groups is 1. The summed E-state index contributed by atoms with van der Waals surface area (Å²) in [5, 5.41) is 11.7. The lowest BCUT2D eigenvalue weighted by atomic mass is 10.1. The van der Waals surface area contributed by atoms with E-state index in [1.807, 2.05) is 12.1 Å². The third-order valence-corrected chi connectivity index (χ3v) is 4.99. The normalized spacial score (nSPS) is 10.9. The van der Waals surface area contributed by atoms with Gasteiger partial charge in [0.2, 0.25) is 5.89 Å². The smallest absolute Gasteiger partial charge is 0.344 e. The lowest BCUT2D eigenvalue weighted by molar-refractivity contribution is 0.0437. The number of ether oxygens (including phenoxy) is 1. The number of benzene rings is 2. The summed E-state index contributed by atoms with van der Waals surface area (Å²) in [5.41, 5.74) is 0.601. The van der Waals surface area contributed by atoms with E-state index >= 15 is 0 Å². The molecule has 0 radical (unpaired) electrons. The third-order valence-electron chi connectivity index (χ3n) is 4.15. The van der Waals surface area contributed by atoms with Gasteiger partial charge >= 0.3 is 5.97 Å². The molecule has 10 heteroatoms. The molecule has 0 fully saturated rings. The van der Waals surface area contributed by atoms with Gasteiger partial charge in [0.05, 0.1) is 10.6 Å². The first-order valence-electron chi connectivity index (χ1n) is 8.60. The Hall–Kier alpha value is -3.04. The number of nitrogens with zero attached hydrogens (tertiary/aromatic N) is 3. The average Bonchev–Trinajstić information content (AvgIpc) is 3.34. The van der Waals surface area contributed by atoms with Crippen LogP contribution in [0.3, 0.4) is 0 Å². The number of hydrogen-bond donors (Lipinski definition) is 0. The molecular formula is C20H12BrClFN3O4. The number of aromatic nitrogens is 3. The fraction of sp³-hybridized carbons (Fsp3) is 0.100. The summed E-state index contributed by atoms with van der Waals surface area (Å²) in [6, 6.07) is 11.4. The minimum Gasteiger partial charge on any atom is -0.452 e. The summed E-state index contributed by atoms with van der Waals surface area (Å²) in [7, 11) is 0. The number of hydrogen-bond acceptors (Lipinski definition) is 7.